The second-order valence-electron chi connectivity index (χ2n) is 6.58. The number of fused-ring (bicyclic) bond motifs is 1. The van der Waals surface area contributed by atoms with Crippen LogP contribution in [0.25, 0.3) is 21.0 Å². The number of morpholine rings is 1. The van der Waals surface area contributed by atoms with Crippen LogP contribution in [0, 0.1) is 0 Å². The molecule has 0 bridgehead atoms. The quantitative estimate of drug-likeness (QED) is 0.551. The third-order valence-electron chi connectivity index (χ3n) is 4.68. The lowest BCUT2D eigenvalue weighted by atomic mass is 10.3. The first-order valence-corrected chi connectivity index (χ1v) is 10.1. The zero-order chi connectivity index (χ0) is 19.6. The summed E-state index contributed by atoms with van der Waals surface area (Å²) in [6, 6.07) is 15.0. The Hall–Kier alpha value is -3.23. The summed E-state index contributed by atoms with van der Waals surface area (Å²) >= 11 is 1.54. The van der Waals surface area contributed by atoms with Gasteiger partial charge in [0.05, 0.1) is 29.1 Å². The number of nitrogens with one attached hydrogen (secondary N) is 1. The molecule has 0 saturated carbocycles. The van der Waals surface area contributed by atoms with Crippen molar-refractivity contribution in [2.75, 3.05) is 36.5 Å². The van der Waals surface area contributed by atoms with Gasteiger partial charge >= 0.3 is 0 Å². The smallest absolute Gasteiger partial charge is 0.291 e. The Bertz CT molecular complexity index is 1130. The SMILES string of the molecule is O=C(Nc1cccnc1N1CCOCC1)c1ccc(-c2nc3ccccc3s2)o1. The molecule has 0 spiro atoms. The highest BCUT2D eigenvalue weighted by atomic mass is 32.1. The first kappa shape index (κ1) is 17.8. The molecule has 0 atom stereocenters. The van der Waals surface area contributed by atoms with Crippen LogP contribution in [0.4, 0.5) is 11.5 Å². The minimum Gasteiger partial charge on any atom is -0.448 e. The van der Waals surface area contributed by atoms with Gasteiger partial charge in [-0.1, -0.05) is 12.1 Å². The molecular weight excluding hydrogens is 388 g/mol. The van der Waals surface area contributed by atoms with Gasteiger partial charge in [0.1, 0.15) is 0 Å². The molecule has 0 aliphatic carbocycles. The standard InChI is InChI=1S/C21H18N4O3S/c26-20(23-15-5-3-9-22-19(15)25-10-12-27-13-11-25)16-7-8-17(28-16)21-24-14-4-1-2-6-18(14)29-21/h1-9H,10-13H2,(H,23,26). The molecule has 29 heavy (non-hydrogen) atoms. The number of carbonyl (C=O) groups is 1. The number of thiazole rings is 1. The number of carbonyl (C=O) groups excluding carboxylic acids is 1. The number of nitrogens with zero attached hydrogens (tertiary/aromatic N) is 3. The molecule has 1 amide bonds. The van der Waals surface area contributed by atoms with Crippen LogP contribution < -0.4 is 10.2 Å². The van der Waals surface area contributed by atoms with Gasteiger partial charge in [-0.25, -0.2) is 9.97 Å². The van der Waals surface area contributed by atoms with Crippen LogP contribution >= 0.6 is 11.3 Å². The maximum absolute atomic E-state index is 12.8. The van der Waals surface area contributed by atoms with Crippen LogP contribution in [0.1, 0.15) is 10.6 Å². The molecule has 4 heterocycles. The van der Waals surface area contributed by atoms with E-state index in [2.05, 4.69) is 20.2 Å². The first-order valence-electron chi connectivity index (χ1n) is 9.33. The number of rotatable bonds is 4. The summed E-state index contributed by atoms with van der Waals surface area (Å²) < 4.78 is 12.3. The van der Waals surface area contributed by atoms with Crippen molar-refractivity contribution < 1.29 is 13.9 Å². The van der Waals surface area contributed by atoms with E-state index in [1.54, 1.807) is 24.4 Å². The predicted molar refractivity (Wildman–Crippen MR) is 113 cm³/mol. The number of benzene rings is 1. The highest BCUT2D eigenvalue weighted by Crippen LogP contribution is 2.31. The van der Waals surface area contributed by atoms with E-state index in [0.29, 0.717) is 24.7 Å². The van der Waals surface area contributed by atoms with Gasteiger partial charge < -0.3 is 19.4 Å². The summed E-state index contributed by atoms with van der Waals surface area (Å²) in [5.41, 5.74) is 1.57. The van der Waals surface area contributed by atoms with Gasteiger partial charge in [0, 0.05) is 19.3 Å². The molecule has 1 aliphatic rings. The number of anilines is 2. The maximum Gasteiger partial charge on any atom is 0.291 e. The van der Waals surface area contributed by atoms with E-state index in [4.69, 9.17) is 9.15 Å². The third kappa shape index (κ3) is 3.59. The van der Waals surface area contributed by atoms with Gasteiger partial charge in [-0.05, 0) is 36.4 Å². The molecule has 8 heteroatoms. The average molecular weight is 406 g/mol. The third-order valence-corrected chi connectivity index (χ3v) is 5.73. The summed E-state index contributed by atoms with van der Waals surface area (Å²) in [7, 11) is 0. The summed E-state index contributed by atoms with van der Waals surface area (Å²) in [4.78, 5) is 23.9. The van der Waals surface area contributed by atoms with Crippen molar-refractivity contribution in [3.05, 3.63) is 60.5 Å². The van der Waals surface area contributed by atoms with Crippen molar-refractivity contribution in [1.82, 2.24) is 9.97 Å². The molecule has 146 valence electrons. The summed E-state index contributed by atoms with van der Waals surface area (Å²) in [5.74, 6) is 1.23. The molecule has 7 nitrogen and oxygen atoms in total. The van der Waals surface area contributed by atoms with Gasteiger partial charge in [-0.3, -0.25) is 4.79 Å². The van der Waals surface area contributed by atoms with Crippen LogP contribution in [-0.2, 0) is 4.74 Å². The number of hydrogen-bond donors (Lipinski definition) is 1. The molecular formula is C21H18N4O3S. The molecule has 1 saturated heterocycles. The minimum atomic E-state index is -0.320. The van der Waals surface area contributed by atoms with Crippen LogP contribution in [-0.4, -0.2) is 42.2 Å². The fourth-order valence-corrected chi connectivity index (χ4v) is 4.19. The molecule has 1 N–H and O–H groups in total. The number of aromatic nitrogens is 2. The first-order chi connectivity index (χ1) is 14.3. The highest BCUT2D eigenvalue weighted by Gasteiger charge is 2.20. The van der Waals surface area contributed by atoms with Gasteiger partial charge in [-0.2, -0.15) is 0 Å². The lowest BCUT2D eigenvalue weighted by Gasteiger charge is -2.29. The van der Waals surface area contributed by atoms with E-state index in [0.717, 1.165) is 34.1 Å². The average Bonchev–Trinajstić information content (AvgIpc) is 3.42. The van der Waals surface area contributed by atoms with Crippen LogP contribution in [0.3, 0.4) is 0 Å². The molecule has 1 aliphatic heterocycles. The van der Waals surface area contributed by atoms with Crippen LogP contribution in [0.5, 0.6) is 0 Å². The van der Waals surface area contributed by atoms with Gasteiger partial charge in [0.2, 0.25) is 0 Å². The summed E-state index contributed by atoms with van der Waals surface area (Å²) in [6.45, 7) is 2.77. The van der Waals surface area contributed by atoms with Gasteiger partial charge in [0.25, 0.3) is 5.91 Å². The topological polar surface area (TPSA) is 80.5 Å². The number of amides is 1. The minimum absolute atomic E-state index is 0.232. The largest absolute Gasteiger partial charge is 0.448 e. The number of ether oxygens (including phenoxy) is 1. The van der Waals surface area contributed by atoms with E-state index in [-0.39, 0.29) is 11.7 Å². The zero-order valence-corrected chi connectivity index (χ0v) is 16.3. The number of furan rings is 1. The molecule has 4 aromatic rings. The molecule has 1 fully saturated rings. The number of pyridine rings is 1. The number of para-hydroxylation sites is 1. The van der Waals surface area contributed by atoms with Gasteiger partial charge in [0.15, 0.2) is 22.3 Å². The van der Waals surface area contributed by atoms with Crippen molar-refractivity contribution in [1.29, 1.82) is 0 Å². The fraction of sp³-hybridized carbons (Fsp3) is 0.190. The molecule has 0 unspecified atom stereocenters. The maximum atomic E-state index is 12.8. The lowest BCUT2D eigenvalue weighted by Crippen LogP contribution is -2.37. The van der Waals surface area contributed by atoms with E-state index in [1.165, 1.54) is 11.3 Å². The second kappa shape index (κ2) is 7.65. The Labute approximate surface area is 171 Å². The van der Waals surface area contributed by atoms with Crippen molar-refractivity contribution in [2.45, 2.75) is 0 Å². The molecule has 3 aromatic heterocycles. The van der Waals surface area contributed by atoms with Crippen LogP contribution in [0.15, 0.2) is 59.1 Å². The van der Waals surface area contributed by atoms with E-state index < -0.39 is 0 Å². The Morgan fingerprint density at radius 1 is 1.07 bits per heavy atom. The molecule has 5 rings (SSSR count). The normalized spacial score (nSPS) is 14.3. The van der Waals surface area contributed by atoms with Crippen molar-refractivity contribution in [2.24, 2.45) is 0 Å². The highest BCUT2D eigenvalue weighted by molar-refractivity contribution is 7.21. The predicted octanol–water partition coefficient (Wildman–Crippen LogP) is 4.04. The lowest BCUT2D eigenvalue weighted by molar-refractivity contribution is 0.0997. The second-order valence-corrected chi connectivity index (χ2v) is 7.61. The summed E-state index contributed by atoms with van der Waals surface area (Å²) in [5, 5.41) is 3.67. The zero-order valence-electron chi connectivity index (χ0n) is 15.5. The van der Waals surface area contributed by atoms with Crippen LogP contribution in [0.2, 0.25) is 0 Å². The Morgan fingerprint density at radius 2 is 1.93 bits per heavy atom. The van der Waals surface area contributed by atoms with E-state index in [9.17, 15) is 4.79 Å². The van der Waals surface area contributed by atoms with E-state index >= 15 is 0 Å². The Kier molecular flexibility index (Phi) is 4.71. The summed E-state index contributed by atoms with van der Waals surface area (Å²) in [6.07, 6.45) is 1.72. The van der Waals surface area contributed by atoms with Crippen molar-refractivity contribution >= 4 is 39.0 Å². The Balaban J connectivity index is 1.37. The van der Waals surface area contributed by atoms with Crippen molar-refractivity contribution in [3.8, 4) is 10.8 Å². The van der Waals surface area contributed by atoms with E-state index in [1.807, 2.05) is 30.3 Å². The number of hydrogen-bond acceptors (Lipinski definition) is 7. The fourth-order valence-electron chi connectivity index (χ4n) is 3.26. The van der Waals surface area contributed by atoms with Gasteiger partial charge in [-0.15, -0.1) is 11.3 Å². The van der Waals surface area contributed by atoms with Crippen molar-refractivity contribution in [3.63, 3.8) is 0 Å². The molecule has 1 aromatic carbocycles. The Morgan fingerprint density at radius 3 is 2.79 bits per heavy atom. The monoisotopic (exact) mass is 406 g/mol. The molecule has 0 radical (unpaired) electrons.